The summed E-state index contributed by atoms with van der Waals surface area (Å²) in [4.78, 5) is 10.5. The Morgan fingerprint density at radius 3 is 2.80 bits per heavy atom. The number of ether oxygens (including phenoxy) is 1. The Kier molecular flexibility index (Phi) is 4.95. The number of anilines is 1. The topological polar surface area (TPSA) is 64.4 Å². The van der Waals surface area contributed by atoms with E-state index in [-0.39, 0.29) is 10.6 Å². The molecule has 0 aromatic heterocycles. The molecular weight excluding hydrogens is 256 g/mol. The van der Waals surface area contributed by atoms with Crippen LogP contribution in [0.4, 0.5) is 11.4 Å². The van der Waals surface area contributed by atoms with Crippen molar-refractivity contribution < 1.29 is 9.66 Å². The molecular formula is C15H22N2O3. The molecule has 20 heavy (non-hydrogen) atoms. The Hall–Kier alpha value is -1.62. The SMILES string of the molecule is CNc1cc(COC2CCCCC2C)ccc1[N+](=O)[O-]. The molecule has 110 valence electrons. The normalized spacial score (nSPS) is 22.5. The molecule has 2 rings (SSSR count). The highest BCUT2D eigenvalue weighted by atomic mass is 16.6. The number of nitro benzene ring substituents is 1. The molecule has 0 amide bonds. The maximum absolute atomic E-state index is 10.9. The zero-order valence-electron chi connectivity index (χ0n) is 12.1. The van der Waals surface area contributed by atoms with Crippen molar-refractivity contribution in [3.63, 3.8) is 0 Å². The molecule has 0 spiro atoms. The molecule has 1 saturated carbocycles. The lowest BCUT2D eigenvalue weighted by Crippen LogP contribution is -2.25. The highest BCUT2D eigenvalue weighted by Gasteiger charge is 2.22. The van der Waals surface area contributed by atoms with Crippen LogP contribution in [0.5, 0.6) is 0 Å². The molecule has 1 N–H and O–H groups in total. The predicted molar refractivity (Wildman–Crippen MR) is 78.9 cm³/mol. The Morgan fingerprint density at radius 1 is 1.40 bits per heavy atom. The van der Waals surface area contributed by atoms with Gasteiger partial charge in [-0.05, 0) is 36.5 Å². The maximum Gasteiger partial charge on any atom is 0.292 e. The van der Waals surface area contributed by atoms with Gasteiger partial charge in [0.25, 0.3) is 5.69 Å². The Bertz CT molecular complexity index is 476. The van der Waals surface area contributed by atoms with Gasteiger partial charge in [-0.2, -0.15) is 0 Å². The minimum atomic E-state index is -0.375. The number of nitrogens with zero attached hydrogens (tertiary/aromatic N) is 1. The molecule has 2 unspecified atom stereocenters. The van der Waals surface area contributed by atoms with E-state index in [0.717, 1.165) is 12.0 Å². The Labute approximate surface area is 119 Å². The Morgan fingerprint density at radius 2 is 2.15 bits per heavy atom. The van der Waals surface area contributed by atoms with Gasteiger partial charge in [0.15, 0.2) is 0 Å². The summed E-state index contributed by atoms with van der Waals surface area (Å²) in [5, 5.41) is 13.7. The average Bonchev–Trinajstić information content (AvgIpc) is 2.46. The quantitative estimate of drug-likeness (QED) is 0.658. The van der Waals surface area contributed by atoms with Crippen molar-refractivity contribution >= 4 is 11.4 Å². The summed E-state index contributed by atoms with van der Waals surface area (Å²) in [6, 6.07) is 5.10. The smallest absolute Gasteiger partial charge is 0.292 e. The molecule has 1 aromatic carbocycles. The first-order valence-corrected chi connectivity index (χ1v) is 7.18. The number of nitro groups is 1. The van der Waals surface area contributed by atoms with Crippen LogP contribution in [-0.4, -0.2) is 18.1 Å². The van der Waals surface area contributed by atoms with Gasteiger partial charge in [-0.3, -0.25) is 10.1 Å². The molecule has 0 heterocycles. The monoisotopic (exact) mass is 278 g/mol. The van der Waals surface area contributed by atoms with Gasteiger partial charge in [-0.25, -0.2) is 0 Å². The second-order valence-corrected chi connectivity index (χ2v) is 5.47. The van der Waals surface area contributed by atoms with E-state index in [4.69, 9.17) is 4.74 Å². The second kappa shape index (κ2) is 6.70. The second-order valence-electron chi connectivity index (χ2n) is 5.47. The minimum absolute atomic E-state index is 0.0993. The first kappa shape index (κ1) is 14.8. The first-order chi connectivity index (χ1) is 9.61. The third-order valence-electron chi connectivity index (χ3n) is 4.02. The summed E-state index contributed by atoms with van der Waals surface area (Å²) < 4.78 is 5.98. The summed E-state index contributed by atoms with van der Waals surface area (Å²) in [5.41, 5.74) is 1.60. The molecule has 1 aliphatic rings. The molecule has 0 bridgehead atoms. The highest BCUT2D eigenvalue weighted by Crippen LogP contribution is 2.29. The maximum atomic E-state index is 10.9. The lowest BCUT2D eigenvalue weighted by molar-refractivity contribution is -0.384. The van der Waals surface area contributed by atoms with Gasteiger partial charge in [0.2, 0.25) is 0 Å². The van der Waals surface area contributed by atoms with Gasteiger partial charge in [-0.1, -0.05) is 19.8 Å². The highest BCUT2D eigenvalue weighted by molar-refractivity contribution is 5.62. The minimum Gasteiger partial charge on any atom is -0.383 e. The third kappa shape index (κ3) is 3.48. The van der Waals surface area contributed by atoms with Crippen molar-refractivity contribution in [1.82, 2.24) is 0 Å². The molecule has 0 radical (unpaired) electrons. The van der Waals surface area contributed by atoms with Gasteiger partial charge in [0.05, 0.1) is 17.6 Å². The number of hydrogen-bond donors (Lipinski definition) is 1. The van der Waals surface area contributed by atoms with E-state index >= 15 is 0 Å². The van der Waals surface area contributed by atoms with Crippen LogP contribution in [0.25, 0.3) is 0 Å². The van der Waals surface area contributed by atoms with Gasteiger partial charge in [0.1, 0.15) is 5.69 Å². The number of nitrogens with one attached hydrogen (secondary N) is 1. The zero-order chi connectivity index (χ0) is 14.5. The van der Waals surface area contributed by atoms with Crippen molar-refractivity contribution in [3.8, 4) is 0 Å². The lowest BCUT2D eigenvalue weighted by Gasteiger charge is -2.28. The average molecular weight is 278 g/mol. The summed E-state index contributed by atoms with van der Waals surface area (Å²) >= 11 is 0. The summed E-state index contributed by atoms with van der Waals surface area (Å²) in [6.07, 6.45) is 5.19. The number of hydrogen-bond acceptors (Lipinski definition) is 4. The van der Waals surface area contributed by atoms with E-state index in [1.54, 1.807) is 19.2 Å². The van der Waals surface area contributed by atoms with Crippen LogP contribution in [-0.2, 0) is 11.3 Å². The molecule has 5 nitrogen and oxygen atoms in total. The fourth-order valence-corrected chi connectivity index (χ4v) is 2.77. The van der Waals surface area contributed by atoms with Crippen LogP contribution in [0, 0.1) is 16.0 Å². The number of benzene rings is 1. The van der Waals surface area contributed by atoms with Gasteiger partial charge >= 0.3 is 0 Å². The van der Waals surface area contributed by atoms with E-state index in [9.17, 15) is 10.1 Å². The van der Waals surface area contributed by atoms with E-state index in [2.05, 4.69) is 12.2 Å². The third-order valence-corrected chi connectivity index (χ3v) is 4.02. The van der Waals surface area contributed by atoms with Crippen LogP contribution in [0.2, 0.25) is 0 Å². The van der Waals surface area contributed by atoms with Crippen LogP contribution in [0.3, 0.4) is 0 Å². The molecule has 5 heteroatoms. The first-order valence-electron chi connectivity index (χ1n) is 7.18. The van der Waals surface area contributed by atoms with E-state index in [1.807, 2.05) is 0 Å². The standard InChI is InChI=1S/C15H22N2O3/c1-11-5-3-4-6-15(11)20-10-12-7-8-14(17(18)19)13(9-12)16-2/h7-9,11,15-16H,3-6,10H2,1-2H3. The summed E-state index contributed by atoms with van der Waals surface area (Å²) in [5.74, 6) is 0.602. The molecule has 0 aliphatic heterocycles. The van der Waals surface area contributed by atoms with E-state index in [1.165, 1.54) is 25.3 Å². The van der Waals surface area contributed by atoms with Gasteiger partial charge < -0.3 is 10.1 Å². The van der Waals surface area contributed by atoms with Crippen molar-refractivity contribution in [2.24, 2.45) is 5.92 Å². The largest absolute Gasteiger partial charge is 0.383 e. The Balaban J connectivity index is 2.01. The van der Waals surface area contributed by atoms with Crippen LogP contribution >= 0.6 is 0 Å². The van der Waals surface area contributed by atoms with Crippen molar-refractivity contribution in [3.05, 3.63) is 33.9 Å². The molecule has 1 aromatic rings. The van der Waals surface area contributed by atoms with Crippen LogP contribution < -0.4 is 5.32 Å². The predicted octanol–water partition coefficient (Wildman–Crippen LogP) is 3.73. The fourth-order valence-electron chi connectivity index (χ4n) is 2.77. The molecule has 1 fully saturated rings. The zero-order valence-corrected chi connectivity index (χ0v) is 12.1. The molecule has 1 aliphatic carbocycles. The van der Waals surface area contributed by atoms with Crippen LogP contribution in [0.15, 0.2) is 18.2 Å². The summed E-state index contributed by atoms with van der Waals surface area (Å²) in [7, 11) is 1.69. The fraction of sp³-hybridized carbons (Fsp3) is 0.600. The van der Waals surface area contributed by atoms with Crippen molar-refractivity contribution in [2.45, 2.75) is 45.3 Å². The van der Waals surface area contributed by atoms with Gasteiger partial charge in [-0.15, -0.1) is 0 Å². The van der Waals surface area contributed by atoms with Crippen LogP contribution in [0.1, 0.15) is 38.2 Å². The number of rotatable bonds is 5. The molecule has 0 saturated heterocycles. The van der Waals surface area contributed by atoms with Crippen molar-refractivity contribution in [1.29, 1.82) is 0 Å². The lowest BCUT2D eigenvalue weighted by atomic mass is 9.88. The summed E-state index contributed by atoms with van der Waals surface area (Å²) in [6.45, 7) is 2.75. The van der Waals surface area contributed by atoms with E-state index in [0.29, 0.717) is 24.3 Å². The molecule has 2 atom stereocenters. The van der Waals surface area contributed by atoms with E-state index < -0.39 is 0 Å². The van der Waals surface area contributed by atoms with Crippen molar-refractivity contribution in [2.75, 3.05) is 12.4 Å². The van der Waals surface area contributed by atoms with Gasteiger partial charge in [0, 0.05) is 13.1 Å².